The van der Waals surface area contributed by atoms with Crippen molar-refractivity contribution in [1.29, 1.82) is 0 Å². The quantitative estimate of drug-likeness (QED) is 0.404. The molecule has 3 rings (SSSR count). The van der Waals surface area contributed by atoms with E-state index in [4.69, 9.17) is 0 Å². The van der Waals surface area contributed by atoms with Crippen LogP contribution in [-0.4, -0.2) is 86.6 Å². The van der Waals surface area contributed by atoms with E-state index in [-0.39, 0.29) is 24.0 Å². The highest BCUT2D eigenvalue weighted by atomic mass is 127. The first kappa shape index (κ1) is 20.2. The number of likely N-dealkylation sites (tertiary alicyclic amines) is 1. The van der Waals surface area contributed by atoms with Gasteiger partial charge in [-0.2, -0.15) is 0 Å². The van der Waals surface area contributed by atoms with Gasteiger partial charge in [0.15, 0.2) is 5.96 Å². The summed E-state index contributed by atoms with van der Waals surface area (Å²) >= 11 is 0. The van der Waals surface area contributed by atoms with Crippen molar-refractivity contribution in [1.82, 2.24) is 20.0 Å². The molecule has 0 amide bonds. The van der Waals surface area contributed by atoms with E-state index in [2.05, 4.69) is 31.9 Å². The number of nitrogens with one attached hydrogen (secondary N) is 1. The molecular formula is C18H36IN5. The number of piperazine rings is 1. The third-order valence-corrected chi connectivity index (χ3v) is 6.11. The largest absolute Gasteiger partial charge is 0.355 e. The van der Waals surface area contributed by atoms with Crippen LogP contribution in [0.3, 0.4) is 0 Å². The van der Waals surface area contributed by atoms with Crippen LogP contribution in [0.15, 0.2) is 4.99 Å². The van der Waals surface area contributed by atoms with Gasteiger partial charge in [0.1, 0.15) is 0 Å². The molecule has 0 aromatic heterocycles. The summed E-state index contributed by atoms with van der Waals surface area (Å²) in [5, 5.41) is 3.61. The van der Waals surface area contributed by atoms with Crippen molar-refractivity contribution < 1.29 is 0 Å². The topological polar surface area (TPSA) is 34.1 Å². The third kappa shape index (κ3) is 5.21. The van der Waals surface area contributed by atoms with Gasteiger partial charge in [0, 0.05) is 59.4 Å². The van der Waals surface area contributed by atoms with Crippen LogP contribution in [0, 0.1) is 11.8 Å². The van der Waals surface area contributed by atoms with Crippen LogP contribution in [0.25, 0.3) is 0 Å². The molecule has 0 spiro atoms. The van der Waals surface area contributed by atoms with Crippen LogP contribution in [0.5, 0.6) is 0 Å². The molecule has 0 aromatic rings. The van der Waals surface area contributed by atoms with E-state index in [1.807, 2.05) is 7.05 Å². The van der Waals surface area contributed by atoms with Crippen molar-refractivity contribution in [2.45, 2.75) is 32.6 Å². The number of rotatable bonds is 4. The van der Waals surface area contributed by atoms with E-state index in [9.17, 15) is 0 Å². The molecule has 3 aliphatic rings. The Morgan fingerprint density at radius 1 is 1.00 bits per heavy atom. The lowest BCUT2D eigenvalue weighted by molar-refractivity contribution is 0.139. The number of halogens is 1. The summed E-state index contributed by atoms with van der Waals surface area (Å²) < 4.78 is 0. The summed E-state index contributed by atoms with van der Waals surface area (Å²) in [7, 11) is 1.93. The van der Waals surface area contributed by atoms with Gasteiger partial charge >= 0.3 is 0 Å². The highest BCUT2D eigenvalue weighted by Crippen LogP contribution is 2.35. The van der Waals surface area contributed by atoms with Crippen molar-refractivity contribution in [3.63, 3.8) is 0 Å². The SMILES string of the molecule is CCN1CCN(CCNC(=NC)N2CC3CCCCC3C2)CC1.I. The van der Waals surface area contributed by atoms with Crippen LogP contribution < -0.4 is 5.32 Å². The highest BCUT2D eigenvalue weighted by molar-refractivity contribution is 14.0. The van der Waals surface area contributed by atoms with Gasteiger partial charge in [0.25, 0.3) is 0 Å². The predicted octanol–water partition coefficient (Wildman–Crippen LogP) is 1.94. The van der Waals surface area contributed by atoms with E-state index >= 15 is 0 Å². The normalized spacial score (nSPS) is 29.2. The molecule has 24 heavy (non-hydrogen) atoms. The Labute approximate surface area is 165 Å². The molecule has 2 aliphatic heterocycles. The monoisotopic (exact) mass is 449 g/mol. The summed E-state index contributed by atoms with van der Waals surface area (Å²) in [6.07, 6.45) is 5.73. The van der Waals surface area contributed by atoms with Gasteiger partial charge in [-0.25, -0.2) is 0 Å². The second kappa shape index (κ2) is 10.2. The van der Waals surface area contributed by atoms with Crippen LogP contribution in [-0.2, 0) is 0 Å². The molecule has 1 aliphatic carbocycles. The first-order valence-corrected chi connectivity index (χ1v) is 9.70. The maximum atomic E-state index is 4.54. The van der Waals surface area contributed by atoms with Crippen molar-refractivity contribution >= 4 is 29.9 Å². The van der Waals surface area contributed by atoms with E-state index in [1.54, 1.807) is 0 Å². The maximum absolute atomic E-state index is 4.54. The van der Waals surface area contributed by atoms with Crippen LogP contribution in [0.1, 0.15) is 32.6 Å². The first-order chi connectivity index (χ1) is 11.3. The van der Waals surface area contributed by atoms with E-state index in [1.165, 1.54) is 71.5 Å². The summed E-state index contributed by atoms with van der Waals surface area (Å²) in [5.74, 6) is 2.97. The number of aliphatic imine (C=N–C) groups is 1. The molecule has 140 valence electrons. The second-order valence-corrected chi connectivity index (χ2v) is 7.46. The number of guanidine groups is 1. The average Bonchev–Trinajstić information content (AvgIpc) is 3.03. The van der Waals surface area contributed by atoms with E-state index in [0.717, 1.165) is 30.9 Å². The number of hydrogen-bond donors (Lipinski definition) is 1. The van der Waals surface area contributed by atoms with E-state index in [0.29, 0.717) is 0 Å². The molecule has 1 N–H and O–H groups in total. The fourth-order valence-electron chi connectivity index (χ4n) is 4.57. The predicted molar refractivity (Wildman–Crippen MR) is 112 cm³/mol. The lowest BCUT2D eigenvalue weighted by Gasteiger charge is -2.34. The van der Waals surface area contributed by atoms with Crippen molar-refractivity contribution in [3.05, 3.63) is 0 Å². The maximum Gasteiger partial charge on any atom is 0.193 e. The number of hydrogen-bond acceptors (Lipinski definition) is 3. The number of fused-ring (bicyclic) bond motifs is 1. The molecule has 2 heterocycles. The molecule has 6 heteroatoms. The molecule has 0 aromatic carbocycles. The Balaban J connectivity index is 0.00000208. The minimum absolute atomic E-state index is 0. The molecule has 2 unspecified atom stereocenters. The van der Waals surface area contributed by atoms with Crippen LogP contribution >= 0.6 is 24.0 Å². The summed E-state index contributed by atoms with van der Waals surface area (Å²) in [6, 6.07) is 0. The average molecular weight is 449 g/mol. The number of nitrogens with zero attached hydrogens (tertiary/aromatic N) is 4. The molecule has 3 fully saturated rings. The first-order valence-electron chi connectivity index (χ1n) is 9.70. The highest BCUT2D eigenvalue weighted by Gasteiger charge is 2.35. The summed E-state index contributed by atoms with van der Waals surface area (Å²) in [5.41, 5.74) is 0. The zero-order chi connectivity index (χ0) is 16.1. The van der Waals surface area contributed by atoms with Crippen molar-refractivity contribution in [3.8, 4) is 0 Å². The van der Waals surface area contributed by atoms with Gasteiger partial charge in [-0.15, -0.1) is 24.0 Å². The number of likely N-dealkylation sites (N-methyl/N-ethyl adjacent to an activating group) is 1. The molecule has 5 nitrogen and oxygen atoms in total. The molecule has 0 bridgehead atoms. The Morgan fingerprint density at radius 2 is 1.58 bits per heavy atom. The molecule has 0 radical (unpaired) electrons. The summed E-state index contributed by atoms with van der Waals surface area (Å²) in [6.45, 7) is 12.9. The van der Waals surface area contributed by atoms with Gasteiger partial charge < -0.3 is 15.1 Å². The van der Waals surface area contributed by atoms with Crippen molar-refractivity contribution in [2.75, 3.05) is 66.0 Å². The minimum atomic E-state index is 0. The Bertz CT molecular complexity index is 381. The molecule has 2 saturated heterocycles. The zero-order valence-corrected chi connectivity index (χ0v) is 17.9. The summed E-state index contributed by atoms with van der Waals surface area (Å²) in [4.78, 5) is 12.2. The van der Waals surface area contributed by atoms with Gasteiger partial charge in [-0.1, -0.05) is 19.8 Å². The Morgan fingerprint density at radius 3 is 2.12 bits per heavy atom. The smallest absolute Gasteiger partial charge is 0.193 e. The standard InChI is InChI=1S/C18H35N5.HI/c1-3-21-10-12-22(13-11-21)9-8-20-18(19-2)23-14-16-6-4-5-7-17(16)15-23;/h16-17H,3-15H2,1-2H3,(H,19,20);1H. The minimum Gasteiger partial charge on any atom is -0.355 e. The van der Waals surface area contributed by atoms with Gasteiger partial charge in [-0.3, -0.25) is 9.89 Å². The fraction of sp³-hybridized carbons (Fsp3) is 0.944. The molecule has 1 saturated carbocycles. The van der Waals surface area contributed by atoms with Crippen molar-refractivity contribution in [2.24, 2.45) is 16.8 Å². The molecule has 2 atom stereocenters. The van der Waals surface area contributed by atoms with Crippen LogP contribution in [0.2, 0.25) is 0 Å². The second-order valence-electron chi connectivity index (χ2n) is 7.46. The van der Waals surface area contributed by atoms with Crippen LogP contribution in [0.4, 0.5) is 0 Å². The fourth-order valence-corrected chi connectivity index (χ4v) is 4.57. The van der Waals surface area contributed by atoms with Gasteiger partial charge in [0.2, 0.25) is 0 Å². The van der Waals surface area contributed by atoms with E-state index < -0.39 is 0 Å². The van der Waals surface area contributed by atoms with Gasteiger partial charge in [-0.05, 0) is 31.2 Å². The lowest BCUT2D eigenvalue weighted by Crippen LogP contribution is -2.49. The van der Waals surface area contributed by atoms with Gasteiger partial charge in [0.05, 0.1) is 0 Å². The molecular weight excluding hydrogens is 413 g/mol. The zero-order valence-electron chi connectivity index (χ0n) is 15.5. The Hall–Kier alpha value is -0.0800. The third-order valence-electron chi connectivity index (χ3n) is 6.11. The lowest BCUT2D eigenvalue weighted by atomic mass is 9.82. The Kier molecular flexibility index (Phi) is 8.57.